The molecule has 1 aliphatic carbocycles. The molecule has 1 saturated heterocycles. The van der Waals surface area contributed by atoms with E-state index in [0.717, 1.165) is 32.1 Å². The van der Waals surface area contributed by atoms with Crippen molar-refractivity contribution in [3.05, 3.63) is 93.3 Å². The highest BCUT2D eigenvalue weighted by atomic mass is 31.2. The predicted octanol–water partition coefficient (Wildman–Crippen LogP) is 0.849. The molecule has 1 aromatic heterocycles. The number of carbonyl (C=O) groups is 3. The van der Waals surface area contributed by atoms with Gasteiger partial charge in [-0.3, -0.25) is 23.2 Å². The highest BCUT2D eigenvalue weighted by Gasteiger charge is 2.49. The molecule has 0 saturated carbocycles. The second-order valence-electron chi connectivity index (χ2n) is 18.2. The third-order valence-electron chi connectivity index (χ3n) is 12.1. The molecule has 426 valence electrons. The Morgan fingerprint density at radius 1 is 0.833 bits per heavy atom. The summed E-state index contributed by atoms with van der Waals surface area (Å²) in [5.74, 6) is -1.27. The maximum absolute atomic E-state index is 12.9. The number of nitrogens with one attached hydrogen (secondary N) is 2. The van der Waals surface area contributed by atoms with E-state index in [0.29, 0.717) is 54.3 Å². The number of fused-ring (bicyclic) bond motifs is 2. The summed E-state index contributed by atoms with van der Waals surface area (Å²) in [5.41, 5.74) is 9.31. The van der Waals surface area contributed by atoms with Crippen molar-refractivity contribution in [1.82, 2.24) is 24.8 Å². The van der Waals surface area contributed by atoms with Gasteiger partial charge in [-0.1, -0.05) is 12.1 Å². The van der Waals surface area contributed by atoms with Crippen LogP contribution in [-0.4, -0.2) is 176 Å². The SMILES string of the molecule is CN(C)c1ccc2c(-c3ccc(CC(=O)NCCOCCOCCOCCOCCC(=O)NCCCc4cn([C@@H]5O[C@H](COP(=O)(O)O)C(OP(=O)(O)O)C5O)c(=O)nc4N)cc3C(=O)O)c3ccc(=[N+](C)C)cc-3oc2c1. The first-order chi connectivity index (χ1) is 37.0. The highest BCUT2D eigenvalue weighted by molar-refractivity contribution is 7.46. The number of nitrogens with two attached hydrogens (primary N) is 1. The molecule has 2 aliphatic heterocycles. The standard InChI is InChI=1S/C49H65N7O20P2/c1-54(2)32-8-11-35-38(26-32)74-39-27-33(55(3)4)9-12-36(39)43(35)34-10-7-30(24-37(34)48(60)61)25-42(58)52-15-17-70-19-21-72-23-22-71-20-18-69-16-13-41(57)51-14-5-6-31-28-56(49(62)53-46(31)50)47-44(59)45(76-78(66,67)68)40(75-47)29-73-77(63,64)65/h7-12,24,26-28,40,44-45,47,59H,5-6,13-23,25,29H2,1-4H3,(H8-,50,51,52,53,57,58,60,61,62,63,64,65,66,67,68)/p+1/t40-,44?,45?,47-/m1/s1. The molecule has 29 heteroatoms. The lowest BCUT2D eigenvalue weighted by Gasteiger charge is -2.21. The van der Waals surface area contributed by atoms with Crippen LogP contribution in [-0.2, 0) is 64.3 Å². The summed E-state index contributed by atoms with van der Waals surface area (Å²) in [4.78, 5) is 93.1. The number of aromatic carboxylic acids is 1. The number of anilines is 2. The number of aliphatic hydroxyl groups is 1. The number of carboxylic acid groups (broad SMARTS) is 1. The number of phosphoric ester groups is 2. The van der Waals surface area contributed by atoms with Crippen molar-refractivity contribution >= 4 is 55.9 Å². The smallest absolute Gasteiger partial charge is 0.470 e. The summed E-state index contributed by atoms with van der Waals surface area (Å²) in [6, 6.07) is 16.7. The van der Waals surface area contributed by atoms with Crippen molar-refractivity contribution in [3.8, 4) is 22.5 Å². The number of rotatable bonds is 30. The Hall–Kier alpha value is -6.00. The van der Waals surface area contributed by atoms with Crippen LogP contribution in [0.25, 0.3) is 33.4 Å². The van der Waals surface area contributed by atoms with Gasteiger partial charge >= 0.3 is 27.3 Å². The minimum absolute atomic E-state index is 0.0345. The van der Waals surface area contributed by atoms with Crippen molar-refractivity contribution in [2.24, 2.45) is 0 Å². The predicted molar refractivity (Wildman–Crippen MR) is 280 cm³/mol. The van der Waals surface area contributed by atoms with Crippen LogP contribution in [0, 0.1) is 0 Å². The fourth-order valence-electron chi connectivity index (χ4n) is 8.28. The zero-order valence-corrected chi connectivity index (χ0v) is 45.1. The lowest BCUT2D eigenvalue weighted by atomic mass is 9.89. The Kier molecular flexibility index (Phi) is 22.2. The third kappa shape index (κ3) is 17.8. The molecule has 0 bridgehead atoms. The number of aromatic nitrogens is 2. The van der Waals surface area contributed by atoms with E-state index in [1.165, 1.54) is 12.3 Å². The molecule has 3 aromatic rings. The first-order valence-electron chi connectivity index (χ1n) is 24.5. The van der Waals surface area contributed by atoms with E-state index in [2.05, 4.69) is 24.7 Å². The highest BCUT2D eigenvalue weighted by Crippen LogP contribution is 2.46. The topological polar surface area (TPSA) is 376 Å². The Morgan fingerprint density at radius 3 is 2.13 bits per heavy atom. The molecule has 10 N–H and O–H groups in total. The van der Waals surface area contributed by atoms with Gasteiger partial charge in [0, 0.05) is 79.7 Å². The molecular formula is C49H66N7O20P2+. The van der Waals surface area contributed by atoms with Gasteiger partial charge in [0.25, 0.3) is 0 Å². The zero-order chi connectivity index (χ0) is 56.7. The summed E-state index contributed by atoms with van der Waals surface area (Å²) < 4.78 is 68.4. The van der Waals surface area contributed by atoms with Crippen molar-refractivity contribution in [3.63, 3.8) is 0 Å². The van der Waals surface area contributed by atoms with Crippen LogP contribution in [0.5, 0.6) is 0 Å². The number of benzene rings is 3. The Bertz CT molecular complexity index is 3080. The van der Waals surface area contributed by atoms with Crippen molar-refractivity contribution in [2.75, 3.05) is 111 Å². The second kappa shape index (κ2) is 28.2. The maximum Gasteiger partial charge on any atom is 0.470 e. The molecule has 6 rings (SSSR count). The van der Waals surface area contributed by atoms with E-state index >= 15 is 0 Å². The fourth-order valence-corrected chi connectivity index (χ4v) is 9.20. The average molecular weight is 1140 g/mol. The number of ether oxygens (including phenoxy) is 5. The van der Waals surface area contributed by atoms with Gasteiger partial charge in [-0.15, -0.1) is 0 Å². The van der Waals surface area contributed by atoms with Crippen LogP contribution < -0.4 is 36.9 Å². The second-order valence-corrected chi connectivity index (χ2v) is 20.7. The van der Waals surface area contributed by atoms with Gasteiger partial charge in [-0.05, 0) is 48.2 Å². The fraction of sp³-hybridized carbons (Fsp3) is 0.469. The van der Waals surface area contributed by atoms with Crippen LogP contribution in [0.1, 0.15) is 40.6 Å². The van der Waals surface area contributed by atoms with Gasteiger partial charge < -0.3 is 79.2 Å². The number of hydrogen-bond acceptors (Lipinski definition) is 18. The first-order valence-corrected chi connectivity index (χ1v) is 27.6. The summed E-state index contributed by atoms with van der Waals surface area (Å²) >= 11 is 0. The monoisotopic (exact) mass is 1130 g/mol. The summed E-state index contributed by atoms with van der Waals surface area (Å²) in [6.07, 6.45) is -5.36. The molecule has 0 radical (unpaired) electrons. The number of amides is 2. The minimum Gasteiger partial charge on any atom is -0.478 e. The zero-order valence-electron chi connectivity index (χ0n) is 43.3. The normalized spacial score (nSPS) is 16.7. The number of nitrogens with zero attached hydrogens (tertiary/aromatic N) is 4. The summed E-state index contributed by atoms with van der Waals surface area (Å²) in [7, 11) is -2.60. The molecule has 0 spiro atoms. The summed E-state index contributed by atoms with van der Waals surface area (Å²) in [6.45, 7) is 1.48. The third-order valence-corrected chi connectivity index (χ3v) is 13.1. The van der Waals surface area contributed by atoms with Crippen LogP contribution in [0.4, 0.5) is 11.5 Å². The van der Waals surface area contributed by atoms with Crippen molar-refractivity contribution in [1.29, 1.82) is 0 Å². The molecular weight excluding hydrogens is 1070 g/mol. The van der Waals surface area contributed by atoms with E-state index in [1.807, 2.05) is 74.1 Å². The molecule has 3 heterocycles. The number of phosphoric acid groups is 2. The van der Waals surface area contributed by atoms with Crippen LogP contribution in [0.3, 0.4) is 0 Å². The van der Waals surface area contributed by atoms with Gasteiger partial charge in [0.05, 0.1) is 77.5 Å². The molecule has 78 heavy (non-hydrogen) atoms. The number of nitrogen functional groups attached to an aromatic ring is 1. The van der Waals surface area contributed by atoms with Crippen molar-refractivity contribution < 1.29 is 90.4 Å². The van der Waals surface area contributed by atoms with Gasteiger partial charge in [0.15, 0.2) is 6.23 Å². The molecule has 2 unspecified atom stereocenters. The van der Waals surface area contributed by atoms with E-state index in [-0.39, 0.29) is 88.6 Å². The molecule has 3 aliphatic rings. The molecule has 1 fully saturated rings. The van der Waals surface area contributed by atoms with E-state index in [9.17, 15) is 48.3 Å². The van der Waals surface area contributed by atoms with Crippen molar-refractivity contribution in [2.45, 2.75) is 50.2 Å². The number of carboxylic acids is 1. The first kappa shape index (κ1) is 61.2. The Balaban J connectivity index is 0.817. The molecule has 4 atom stereocenters. The van der Waals surface area contributed by atoms with E-state index in [4.69, 9.17) is 43.6 Å². The largest absolute Gasteiger partial charge is 0.478 e. The van der Waals surface area contributed by atoms with Crippen LogP contribution >= 0.6 is 15.6 Å². The number of carbonyl (C=O) groups excluding carboxylic acids is 2. The van der Waals surface area contributed by atoms with Gasteiger partial charge in [-0.2, -0.15) is 4.98 Å². The van der Waals surface area contributed by atoms with Crippen LogP contribution in [0.2, 0.25) is 0 Å². The minimum atomic E-state index is -5.26. The molecule has 27 nitrogen and oxygen atoms in total. The molecule has 2 amide bonds. The van der Waals surface area contributed by atoms with Gasteiger partial charge in [-0.25, -0.2) is 23.3 Å². The number of aryl methyl sites for hydroxylation is 1. The lowest BCUT2D eigenvalue weighted by Crippen LogP contribution is -2.38. The Morgan fingerprint density at radius 2 is 1.49 bits per heavy atom. The quantitative estimate of drug-likeness (QED) is 0.0133. The lowest BCUT2D eigenvalue weighted by molar-refractivity contribution is -0.122. The average Bonchev–Trinajstić information content (AvgIpc) is 3.68. The maximum atomic E-state index is 12.9. The molecule has 2 aromatic carbocycles. The van der Waals surface area contributed by atoms with Gasteiger partial charge in [0.2, 0.25) is 17.2 Å². The number of hydrogen-bond donors (Lipinski definition) is 9. The Labute approximate surface area is 447 Å². The van der Waals surface area contributed by atoms with Gasteiger partial charge in [0.1, 0.15) is 49.6 Å². The van der Waals surface area contributed by atoms with E-state index < -0.39 is 58.5 Å². The van der Waals surface area contributed by atoms with E-state index in [1.54, 1.807) is 12.1 Å². The number of aliphatic hydroxyl groups excluding tert-OH is 1. The summed E-state index contributed by atoms with van der Waals surface area (Å²) in [5, 5.41) is 28.4. The van der Waals surface area contributed by atoms with Crippen LogP contribution in [0.15, 0.2) is 70.0 Å².